The third-order valence-corrected chi connectivity index (χ3v) is 5.76. The molecule has 0 unspecified atom stereocenters. The van der Waals surface area contributed by atoms with Crippen LogP contribution in [0.1, 0.15) is 43.2 Å². The summed E-state index contributed by atoms with van der Waals surface area (Å²) in [4.78, 5) is 29.9. The summed E-state index contributed by atoms with van der Waals surface area (Å²) in [6.45, 7) is 1.74. The van der Waals surface area contributed by atoms with Gasteiger partial charge in [0.2, 0.25) is 5.91 Å². The van der Waals surface area contributed by atoms with Crippen LogP contribution in [0.15, 0.2) is 54.6 Å². The van der Waals surface area contributed by atoms with Crippen molar-refractivity contribution in [3.05, 3.63) is 70.9 Å². The van der Waals surface area contributed by atoms with E-state index in [1.807, 2.05) is 49.4 Å². The molecule has 4 rings (SSSR count). The second kappa shape index (κ2) is 8.50. The number of aromatic nitrogens is 1. The van der Waals surface area contributed by atoms with Crippen LogP contribution >= 0.6 is 11.6 Å². The number of fused-ring (bicyclic) bond motifs is 1. The number of nitrogens with one attached hydrogen (secondary N) is 1. The number of H-pyrrole nitrogens is 1. The molecule has 0 spiro atoms. The number of morpholine rings is 1. The molecule has 30 heavy (non-hydrogen) atoms. The van der Waals surface area contributed by atoms with Crippen molar-refractivity contribution < 1.29 is 19.4 Å². The molecule has 1 aromatic heterocycles. The van der Waals surface area contributed by atoms with Crippen LogP contribution in [0.25, 0.3) is 10.9 Å². The first-order valence-electron chi connectivity index (χ1n) is 9.98. The molecule has 3 atom stereocenters. The first-order chi connectivity index (χ1) is 14.5. The zero-order chi connectivity index (χ0) is 21.3. The summed E-state index contributed by atoms with van der Waals surface area (Å²) < 4.78 is 5.97. The lowest BCUT2D eigenvalue weighted by Crippen LogP contribution is -2.53. The summed E-state index contributed by atoms with van der Waals surface area (Å²) in [7, 11) is 0. The maximum absolute atomic E-state index is 12.9. The van der Waals surface area contributed by atoms with E-state index in [4.69, 9.17) is 16.3 Å². The number of ether oxygens (including phenoxy) is 1. The third kappa shape index (κ3) is 3.80. The minimum Gasteiger partial charge on any atom is -0.480 e. The van der Waals surface area contributed by atoms with E-state index in [1.54, 1.807) is 12.1 Å². The second-order valence-corrected chi connectivity index (χ2v) is 7.92. The van der Waals surface area contributed by atoms with Crippen molar-refractivity contribution in [1.82, 2.24) is 9.88 Å². The number of carboxylic acid groups (broad SMARTS) is 1. The molecule has 0 bridgehead atoms. The Labute approximate surface area is 179 Å². The van der Waals surface area contributed by atoms with Crippen molar-refractivity contribution in [3.8, 4) is 0 Å². The zero-order valence-corrected chi connectivity index (χ0v) is 17.3. The summed E-state index contributed by atoms with van der Waals surface area (Å²) in [5.74, 6) is -1.34. The first kappa shape index (κ1) is 20.4. The lowest BCUT2D eigenvalue weighted by Gasteiger charge is -2.43. The van der Waals surface area contributed by atoms with Crippen LogP contribution in [0.5, 0.6) is 0 Å². The van der Waals surface area contributed by atoms with Crippen LogP contribution in [-0.4, -0.2) is 39.5 Å². The SMILES string of the molecule is CCC[C@@H](C(=O)O)N1C(=O)CO[C@H](c2ccc(Cl)cc2)[C@@H]1c1cc2ccccc2[nH]1. The van der Waals surface area contributed by atoms with Gasteiger partial charge in [-0.2, -0.15) is 0 Å². The number of hydrogen-bond donors (Lipinski definition) is 2. The van der Waals surface area contributed by atoms with Gasteiger partial charge in [-0.3, -0.25) is 4.79 Å². The van der Waals surface area contributed by atoms with E-state index in [1.165, 1.54) is 4.90 Å². The number of carbonyl (C=O) groups excluding carboxylic acids is 1. The van der Waals surface area contributed by atoms with Gasteiger partial charge >= 0.3 is 5.97 Å². The van der Waals surface area contributed by atoms with Crippen molar-refractivity contribution in [1.29, 1.82) is 0 Å². The molecule has 0 saturated carbocycles. The van der Waals surface area contributed by atoms with Gasteiger partial charge in [0.15, 0.2) is 0 Å². The van der Waals surface area contributed by atoms with Crippen molar-refractivity contribution in [2.24, 2.45) is 0 Å². The van der Waals surface area contributed by atoms with Crippen LogP contribution in [0.4, 0.5) is 0 Å². The number of carbonyl (C=O) groups is 2. The molecular weight excluding hydrogens is 404 g/mol. The highest BCUT2D eigenvalue weighted by molar-refractivity contribution is 6.30. The molecule has 7 heteroatoms. The molecule has 0 radical (unpaired) electrons. The fourth-order valence-electron chi connectivity index (χ4n) is 4.15. The predicted octanol–water partition coefficient (Wildman–Crippen LogP) is 4.72. The number of hydrogen-bond acceptors (Lipinski definition) is 3. The summed E-state index contributed by atoms with van der Waals surface area (Å²) in [6, 6.07) is 15.5. The number of amides is 1. The number of aromatic amines is 1. The van der Waals surface area contributed by atoms with E-state index in [9.17, 15) is 14.7 Å². The molecule has 6 nitrogen and oxygen atoms in total. The van der Waals surface area contributed by atoms with Crippen LogP contribution in [-0.2, 0) is 14.3 Å². The summed E-state index contributed by atoms with van der Waals surface area (Å²) >= 11 is 6.05. The van der Waals surface area contributed by atoms with Gasteiger partial charge in [0, 0.05) is 16.2 Å². The lowest BCUT2D eigenvalue weighted by molar-refractivity contribution is -0.172. The Morgan fingerprint density at radius 2 is 2.00 bits per heavy atom. The second-order valence-electron chi connectivity index (χ2n) is 7.48. The largest absolute Gasteiger partial charge is 0.480 e. The van der Waals surface area contributed by atoms with E-state index >= 15 is 0 Å². The fraction of sp³-hybridized carbons (Fsp3) is 0.304. The van der Waals surface area contributed by atoms with Gasteiger partial charge in [0.1, 0.15) is 24.8 Å². The maximum Gasteiger partial charge on any atom is 0.326 e. The van der Waals surface area contributed by atoms with Crippen molar-refractivity contribution >= 4 is 34.4 Å². The van der Waals surface area contributed by atoms with Crippen molar-refractivity contribution in [2.75, 3.05) is 6.61 Å². The number of nitrogens with zero attached hydrogens (tertiary/aromatic N) is 1. The number of aliphatic carboxylic acids is 1. The lowest BCUT2D eigenvalue weighted by atomic mass is 9.93. The number of para-hydroxylation sites is 1. The van der Waals surface area contributed by atoms with E-state index in [0.29, 0.717) is 17.9 Å². The highest BCUT2D eigenvalue weighted by Crippen LogP contribution is 2.42. The average Bonchev–Trinajstić information content (AvgIpc) is 3.16. The minimum absolute atomic E-state index is 0.169. The van der Waals surface area contributed by atoms with E-state index in [2.05, 4.69) is 4.98 Å². The number of rotatable bonds is 6. The highest BCUT2D eigenvalue weighted by atomic mass is 35.5. The maximum atomic E-state index is 12.9. The molecule has 1 amide bonds. The Hall–Kier alpha value is -2.83. The minimum atomic E-state index is -1.01. The molecule has 2 heterocycles. The first-order valence-corrected chi connectivity index (χ1v) is 10.4. The Bertz CT molecular complexity index is 1030. The molecule has 0 aliphatic carbocycles. The molecule has 1 aliphatic heterocycles. The van der Waals surface area contributed by atoms with Gasteiger partial charge in [-0.1, -0.05) is 55.3 Å². The van der Waals surface area contributed by atoms with Gasteiger partial charge in [0.05, 0.1) is 0 Å². The number of benzene rings is 2. The third-order valence-electron chi connectivity index (χ3n) is 5.51. The molecule has 156 valence electrons. The predicted molar refractivity (Wildman–Crippen MR) is 114 cm³/mol. The van der Waals surface area contributed by atoms with Crippen LogP contribution < -0.4 is 0 Å². The van der Waals surface area contributed by atoms with Crippen molar-refractivity contribution in [3.63, 3.8) is 0 Å². The average molecular weight is 427 g/mol. The van der Waals surface area contributed by atoms with Crippen LogP contribution in [0.2, 0.25) is 5.02 Å². The normalized spacial score (nSPS) is 20.5. The molecule has 1 aliphatic rings. The van der Waals surface area contributed by atoms with E-state index in [-0.39, 0.29) is 12.5 Å². The van der Waals surface area contributed by atoms with Gasteiger partial charge in [0.25, 0.3) is 0 Å². The standard InChI is InChI=1S/C23H23ClN2O4/c1-2-5-19(23(28)29)26-20(27)13-30-22(14-8-10-16(24)11-9-14)21(26)18-12-15-6-3-4-7-17(15)25-18/h3-4,6-12,19,21-22,25H,2,5,13H2,1H3,(H,28,29)/t19-,21-,22+/m0/s1. The zero-order valence-electron chi connectivity index (χ0n) is 16.5. The summed E-state index contributed by atoms with van der Waals surface area (Å²) in [5.41, 5.74) is 2.50. The molecule has 2 aromatic carbocycles. The fourth-order valence-corrected chi connectivity index (χ4v) is 4.28. The monoisotopic (exact) mass is 426 g/mol. The van der Waals surface area contributed by atoms with Crippen molar-refractivity contribution in [2.45, 2.75) is 38.0 Å². The van der Waals surface area contributed by atoms with Gasteiger partial charge in [-0.05, 0) is 41.6 Å². The smallest absolute Gasteiger partial charge is 0.326 e. The van der Waals surface area contributed by atoms with Gasteiger partial charge in [-0.15, -0.1) is 0 Å². The summed E-state index contributed by atoms with van der Waals surface area (Å²) in [6.07, 6.45) is 0.490. The summed E-state index contributed by atoms with van der Waals surface area (Å²) in [5, 5.41) is 11.5. The van der Waals surface area contributed by atoms with Crippen LogP contribution in [0, 0.1) is 0 Å². The Kier molecular flexibility index (Phi) is 5.79. The topological polar surface area (TPSA) is 82.6 Å². The molecular formula is C23H23ClN2O4. The van der Waals surface area contributed by atoms with Gasteiger partial charge < -0.3 is 19.7 Å². The van der Waals surface area contributed by atoms with Gasteiger partial charge in [-0.25, -0.2) is 4.79 Å². The number of carboxylic acids is 1. The van der Waals surface area contributed by atoms with E-state index < -0.39 is 24.2 Å². The quantitative estimate of drug-likeness (QED) is 0.597. The molecule has 2 N–H and O–H groups in total. The molecule has 3 aromatic rings. The Morgan fingerprint density at radius 3 is 2.67 bits per heavy atom. The highest BCUT2D eigenvalue weighted by Gasteiger charge is 2.44. The Morgan fingerprint density at radius 1 is 1.27 bits per heavy atom. The van der Waals surface area contributed by atoms with E-state index in [0.717, 1.165) is 22.2 Å². The molecule has 1 saturated heterocycles. The number of halogens is 1. The Balaban J connectivity index is 1.86. The molecule has 1 fully saturated rings. The van der Waals surface area contributed by atoms with Crippen LogP contribution in [0.3, 0.4) is 0 Å².